The van der Waals surface area contributed by atoms with Crippen LogP contribution in [0.3, 0.4) is 0 Å². The number of carbonyl (C=O) groups is 3. The van der Waals surface area contributed by atoms with Gasteiger partial charge in [-0.25, -0.2) is 9.59 Å². The summed E-state index contributed by atoms with van der Waals surface area (Å²) in [4.78, 5) is 47.9. The van der Waals surface area contributed by atoms with Crippen molar-refractivity contribution in [3.63, 3.8) is 0 Å². The van der Waals surface area contributed by atoms with Crippen molar-refractivity contribution in [2.45, 2.75) is 39.3 Å². The number of benzene rings is 2. The number of aromatic hydroxyl groups is 1. The number of amides is 1. The largest absolute Gasteiger partial charge is 0.504 e. The van der Waals surface area contributed by atoms with E-state index < -0.39 is 28.3 Å². The quantitative estimate of drug-likeness (QED) is 0.216. The van der Waals surface area contributed by atoms with Crippen LogP contribution in [0.15, 0.2) is 42.5 Å². The highest BCUT2D eigenvalue weighted by Crippen LogP contribution is 2.31. The highest BCUT2D eigenvalue weighted by Gasteiger charge is 2.50. The third-order valence-corrected chi connectivity index (χ3v) is 4.70. The lowest BCUT2D eigenvalue weighted by molar-refractivity contribution is -0.385. The van der Waals surface area contributed by atoms with E-state index in [0.717, 1.165) is 6.92 Å². The summed E-state index contributed by atoms with van der Waals surface area (Å²) in [5, 5.41) is 23.9. The van der Waals surface area contributed by atoms with Crippen LogP contribution in [0.1, 0.15) is 31.9 Å². The van der Waals surface area contributed by atoms with Gasteiger partial charge in [0.2, 0.25) is 11.4 Å². The maximum Gasteiger partial charge on any atom is 0.344 e. The molecule has 11 heteroatoms. The minimum atomic E-state index is -2.16. The number of hydrogen-bond donors (Lipinski definition) is 2. The van der Waals surface area contributed by atoms with Crippen molar-refractivity contribution in [3.8, 4) is 11.5 Å². The molecule has 2 aromatic rings. The van der Waals surface area contributed by atoms with Crippen LogP contribution in [-0.2, 0) is 36.9 Å². The summed E-state index contributed by atoms with van der Waals surface area (Å²) in [6.07, 6.45) is -0.359. The third-order valence-electron chi connectivity index (χ3n) is 4.70. The van der Waals surface area contributed by atoms with Crippen LogP contribution < -0.4 is 10.1 Å². The Bertz CT molecular complexity index is 1050. The Balaban J connectivity index is 2.32. The summed E-state index contributed by atoms with van der Waals surface area (Å²) in [5.41, 5.74) is -1.67. The monoisotopic (exact) mass is 474 g/mol. The van der Waals surface area contributed by atoms with Crippen molar-refractivity contribution in [1.29, 1.82) is 0 Å². The fourth-order valence-corrected chi connectivity index (χ4v) is 3.25. The topological polar surface area (TPSA) is 154 Å². The van der Waals surface area contributed by atoms with Gasteiger partial charge >= 0.3 is 11.9 Å². The zero-order chi connectivity index (χ0) is 25.3. The van der Waals surface area contributed by atoms with E-state index in [1.165, 1.54) is 36.4 Å². The van der Waals surface area contributed by atoms with Gasteiger partial charge in [0.05, 0.1) is 23.7 Å². The van der Waals surface area contributed by atoms with Crippen LogP contribution in [0, 0.1) is 10.1 Å². The van der Waals surface area contributed by atoms with Gasteiger partial charge in [-0.2, -0.15) is 0 Å². The number of hydrogen-bond acceptors (Lipinski definition) is 9. The molecule has 0 aromatic heterocycles. The van der Waals surface area contributed by atoms with Crippen LogP contribution in [0.2, 0.25) is 0 Å². The average molecular weight is 474 g/mol. The number of phenolic OH excluding ortho intramolecular Hbond substituents is 1. The Morgan fingerprint density at radius 2 is 1.68 bits per heavy atom. The minimum absolute atomic E-state index is 0.0271. The average Bonchev–Trinajstić information content (AvgIpc) is 2.78. The zero-order valence-corrected chi connectivity index (χ0v) is 19.0. The molecule has 2 rings (SSSR count). The van der Waals surface area contributed by atoms with Crippen LogP contribution in [0.4, 0.5) is 5.69 Å². The normalized spacial score (nSPS) is 10.8. The van der Waals surface area contributed by atoms with Crippen molar-refractivity contribution in [1.82, 2.24) is 5.32 Å². The molecule has 0 radical (unpaired) electrons. The molecule has 0 unspecified atom stereocenters. The van der Waals surface area contributed by atoms with Crippen molar-refractivity contribution in [2.75, 3.05) is 13.2 Å². The van der Waals surface area contributed by atoms with Crippen LogP contribution in [-0.4, -0.2) is 46.6 Å². The molecule has 2 N–H and O–H groups in total. The van der Waals surface area contributed by atoms with Gasteiger partial charge in [-0.1, -0.05) is 18.2 Å². The number of ether oxygens (including phenoxy) is 3. The molecule has 182 valence electrons. The van der Waals surface area contributed by atoms with Gasteiger partial charge in [-0.05, 0) is 37.6 Å². The number of carbonyl (C=O) groups excluding carboxylic acids is 3. The van der Waals surface area contributed by atoms with Crippen molar-refractivity contribution < 1.29 is 38.6 Å². The summed E-state index contributed by atoms with van der Waals surface area (Å²) in [7, 11) is 0. The molecule has 0 aliphatic carbocycles. The molecule has 0 aliphatic rings. The molecule has 2 aromatic carbocycles. The molecule has 11 nitrogen and oxygen atoms in total. The van der Waals surface area contributed by atoms with Gasteiger partial charge < -0.3 is 24.6 Å². The van der Waals surface area contributed by atoms with E-state index in [2.05, 4.69) is 5.32 Å². The molecule has 0 saturated carbocycles. The SMILES string of the molecule is CCOC(=O)C(Cc1ccc(OCc2ccccc2[N+](=O)[O-])c(O)c1)(NC(C)=O)C(=O)OCC. The molecular formula is C23H26N2O9. The smallest absolute Gasteiger partial charge is 0.344 e. The molecule has 0 saturated heterocycles. The predicted molar refractivity (Wildman–Crippen MR) is 119 cm³/mol. The van der Waals surface area contributed by atoms with E-state index in [1.807, 2.05) is 0 Å². The number of phenols is 1. The van der Waals surface area contributed by atoms with Crippen LogP contribution in [0.5, 0.6) is 11.5 Å². The zero-order valence-electron chi connectivity index (χ0n) is 19.0. The molecule has 0 aliphatic heterocycles. The number of para-hydroxylation sites is 1. The van der Waals surface area contributed by atoms with Crippen molar-refractivity contribution in [2.24, 2.45) is 0 Å². The Kier molecular flexibility index (Phi) is 8.94. The Hall–Kier alpha value is -4.15. The number of nitrogens with zero attached hydrogens (tertiary/aromatic N) is 1. The lowest BCUT2D eigenvalue weighted by atomic mass is 9.90. The highest BCUT2D eigenvalue weighted by molar-refractivity contribution is 6.08. The Morgan fingerprint density at radius 3 is 2.21 bits per heavy atom. The third kappa shape index (κ3) is 6.21. The lowest BCUT2D eigenvalue weighted by Crippen LogP contribution is -2.62. The Morgan fingerprint density at radius 1 is 1.06 bits per heavy atom. The first-order valence-corrected chi connectivity index (χ1v) is 10.4. The van der Waals surface area contributed by atoms with E-state index >= 15 is 0 Å². The Labute approximate surface area is 195 Å². The maximum atomic E-state index is 12.7. The van der Waals surface area contributed by atoms with E-state index in [0.29, 0.717) is 11.1 Å². The van der Waals surface area contributed by atoms with Gasteiger partial charge in [0, 0.05) is 19.4 Å². The molecule has 0 heterocycles. The lowest BCUT2D eigenvalue weighted by Gasteiger charge is -2.29. The highest BCUT2D eigenvalue weighted by atomic mass is 16.6. The van der Waals surface area contributed by atoms with E-state index in [4.69, 9.17) is 14.2 Å². The van der Waals surface area contributed by atoms with Gasteiger partial charge in [0.1, 0.15) is 6.61 Å². The first-order chi connectivity index (χ1) is 16.1. The molecule has 0 spiro atoms. The van der Waals surface area contributed by atoms with Gasteiger partial charge in [0.25, 0.3) is 5.69 Å². The second-order valence-corrected chi connectivity index (χ2v) is 7.18. The molecule has 0 atom stereocenters. The fraction of sp³-hybridized carbons (Fsp3) is 0.348. The van der Waals surface area contributed by atoms with E-state index in [1.54, 1.807) is 19.9 Å². The van der Waals surface area contributed by atoms with Gasteiger partial charge in [-0.3, -0.25) is 14.9 Å². The second kappa shape index (κ2) is 11.6. The summed E-state index contributed by atoms with van der Waals surface area (Å²) < 4.78 is 15.6. The molecule has 0 bridgehead atoms. The van der Waals surface area contributed by atoms with Gasteiger partial charge in [-0.15, -0.1) is 0 Å². The number of nitro benzene ring substituents is 1. The van der Waals surface area contributed by atoms with E-state index in [9.17, 15) is 29.6 Å². The van der Waals surface area contributed by atoms with Gasteiger partial charge in [0.15, 0.2) is 11.5 Å². The molecular weight excluding hydrogens is 448 g/mol. The summed E-state index contributed by atoms with van der Waals surface area (Å²) in [5.74, 6) is -2.96. The molecule has 1 amide bonds. The standard InChI is InChI=1S/C23H26N2O9/c1-4-32-21(28)23(24-15(3)26,22(29)33-5-2)13-16-10-11-20(19(27)12-16)34-14-17-8-6-7-9-18(17)25(30)31/h6-12,27H,4-5,13-14H2,1-3H3,(H,24,26). The van der Waals surface area contributed by atoms with E-state index in [-0.39, 0.29) is 43.4 Å². The summed E-state index contributed by atoms with van der Waals surface area (Å²) in [6.45, 7) is 4.00. The first kappa shape index (κ1) is 26.1. The number of nitrogens with one attached hydrogen (secondary N) is 1. The summed E-state index contributed by atoms with van der Waals surface area (Å²) in [6, 6.07) is 10.1. The minimum Gasteiger partial charge on any atom is -0.504 e. The van der Waals surface area contributed by atoms with Crippen molar-refractivity contribution >= 4 is 23.5 Å². The maximum absolute atomic E-state index is 12.7. The predicted octanol–water partition coefficient (Wildman–Crippen LogP) is 2.42. The number of rotatable bonds is 11. The first-order valence-electron chi connectivity index (χ1n) is 10.4. The van der Waals surface area contributed by atoms with Crippen LogP contribution in [0.25, 0.3) is 0 Å². The molecule has 0 fully saturated rings. The van der Waals surface area contributed by atoms with Crippen LogP contribution >= 0.6 is 0 Å². The number of esters is 2. The van der Waals surface area contributed by atoms with Crippen molar-refractivity contribution in [3.05, 3.63) is 63.7 Å². The second-order valence-electron chi connectivity index (χ2n) is 7.18. The summed E-state index contributed by atoms with van der Waals surface area (Å²) >= 11 is 0. The molecule has 34 heavy (non-hydrogen) atoms. The fourth-order valence-electron chi connectivity index (χ4n) is 3.25. The number of nitro groups is 1.